The van der Waals surface area contributed by atoms with E-state index >= 15 is 0 Å². The van der Waals surface area contributed by atoms with Crippen molar-refractivity contribution in [2.75, 3.05) is 5.32 Å². The van der Waals surface area contributed by atoms with Gasteiger partial charge in [0.1, 0.15) is 9.88 Å². The molecule has 1 aromatic rings. The van der Waals surface area contributed by atoms with Crippen LogP contribution in [0.1, 0.15) is 65.1 Å². The number of amides is 2. The van der Waals surface area contributed by atoms with Gasteiger partial charge in [0.25, 0.3) is 5.91 Å². The van der Waals surface area contributed by atoms with Crippen molar-refractivity contribution in [2.24, 2.45) is 23.5 Å². The lowest BCUT2D eigenvalue weighted by atomic mass is 9.88. The quantitative estimate of drug-likeness (QED) is 0.784. The fourth-order valence-corrected chi connectivity index (χ4v) is 5.23. The van der Waals surface area contributed by atoms with Crippen LogP contribution in [0.25, 0.3) is 0 Å². The van der Waals surface area contributed by atoms with E-state index in [1.807, 2.05) is 0 Å². The molecule has 0 aliphatic heterocycles. The van der Waals surface area contributed by atoms with Crippen molar-refractivity contribution >= 4 is 34.1 Å². The molecule has 2 amide bonds. The van der Waals surface area contributed by atoms with Gasteiger partial charge in [-0.3, -0.25) is 9.59 Å². The lowest BCUT2D eigenvalue weighted by molar-refractivity contribution is -0.121. The number of ether oxygens (including phenoxy) is 1. The van der Waals surface area contributed by atoms with E-state index in [-0.39, 0.29) is 23.5 Å². The molecule has 136 valence electrons. The predicted molar refractivity (Wildman–Crippen MR) is 95.7 cm³/mol. The highest BCUT2D eigenvalue weighted by atomic mass is 32.1. The molecular weight excluding hydrogens is 340 g/mol. The molecule has 6 nitrogen and oxygen atoms in total. The molecule has 2 aliphatic carbocycles. The van der Waals surface area contributed by atoms with Crippen LogP contribution in [0, 0.1) is 24.7 Å². The first-order valence-electron chi connectivity index (χ1n) is 8.73. The minimum atomic E-state index is -0.652. The summed E-state index contributed by atoms with van der Waals surface area (Å²) in [5.41, 5.74) is 6.15. The van der Waals surface area contributed by atoms with E-state index in [2.05, 4.69) is 5.32 Å². The highest BCUT2D eigenvalue weighted by Gasteiger charge is 2.43. The SMILES string of the molecule is Cc1c(C(=O)OC(C)C)sc(NC(=O)[C@H]2C[C@@H]3CC[C@@H]2C3)c1C(N)=O. The molecule has 2 aliphatic rings. The van der Waals surface area contributed by atoms with E-state index in [0.717, 1.165) is 30.6 Å². The Morgan fingerprint density at radius 3 is 2.48 bits per heavy atom. The molecule has 0 aromatic carbocycles. The lowest BCUT2D eigenvalue weighted by Gasteiger charge is -2.20. The zero-order valence-electron chi connectivity index (χ0n) is 14.8. The molecule has 0 radical (unpaired) electrons. The summed E-state index contributed by atoms with van der Waals surface area (Å²) in [5, 5.41) is 3.21. The first-order chi connectivity index (χ1) is 11.8. The number of carbonyl (C=O) groups is 3. The molecule has 3 atom stereocenters. The van der Waals surface area contributed by atoms with E-state index in [4.69, 9.17) is 10.5 Å². The molecule has 2 bridgehead atoms. The topological polar surface area (TPSA) is 98.5 Å². The molecule has 0 unspecified atom stereocenters. The Kier molecular flexibility index (Phi) is 4.86. The number of carbonyl (C=O) groups excluding carboxylic acids is 3. The maximum Gasteiger partial charge on any atom is 0.348 e. The second kappa shape index (κ2) is 6.78. The highest BCUT2D eigenvalue weighted by molar-refractivity contribution is 7.18. The summed E-state index contributed by atoms with van der Waals surface area (Å²) in [6.45, 7) is 5.17. The zero-order chi connectivity index (χ0) is 18.3. The fraction of sp³-hybridized carbons (Fsp3) is 0.611. The molecule has 0 spiro atoms. The van der Waals surface area contributed by atoms with Gasteiger partial charge in [-0.1, -0.05) is 6.42 Å². The summed E-state index contributed by atoms with van der Waals surface area (Å²) in [6.07, 6.45) is 4.08. The third-order valence-electron chi connectivity index (χ3n) is 5.23. The molecule has 7 heteroatoms. The fourth-order valence-electron chi connectivity index (χ4n) is 4.13. The third-order valence-corrected chi connectivity index (χ3v) is 6.42. The normalized spacial score (nSPS) is 24.6. The van der Waals surface area contributed by atoms with Crippen molar-refractivity contribution in [3.05, 3.63) is 16.0 Å². The van der Waals surface area contributed by atoms with Crippen molar-refractivity contribution in [1.82, 2.24) is 0 Å². The second-order valence-corrected chi connectivity index (χ2v) is 8.37. The van der Waals surface area contributed by atoms with E-state index in [1.165, 1.54) is 6.42 Å². The van der Waals surface area contributed by atoms with E-state index in [9.17, 15) is 14.4 Å². The summed E-state index contributed by atoms with van der Waals surface area (Å²) in [7, 11) is 0. The maximum absolute atomic E-state index is 12.7. The van der Waals surface area contributed by atoms with Gasteiger partial charge in [0.2, 0.25) is 5.91 Å². The summed E-state index contributed by atoms with van der Waals surface area (Å²) < 4.78 is 5.22. The minimum Gasteiger partial charge on any atom is -0.459 e. The number of esters is 1. The monoisotopic (exact) mass is 364 g/mol. The van der Waals surface area contributed by atoms with E-state index < -0.39 is 11.9 Å². The number of nitrogens with two attached hydrogens (primary N) is 1. The zero-order valence-corrected chi connectivity index (χ0v) is 15.6. The Balaban J connectivity index is 1.83. The number of fused-ring (bicyclic) bond motifs is 2. The van der Waals surface area contributed by atoms with Gasteiger partial charge < -0.3 is 15.8 Å². The van der Waals surface area contributed by atoms with Crippen LogP contribution in [0.3, 0.4) is 0 Å². The molecule has 3 rings (SSSR count). The average molecular weight is 364 g/mol. The van der Waals surface area contributed by atoms with Crippen LogP contribution in [0.15, 0.2) is 0 Å². The Morgan fingerprint density at radius 1 is 1.24 bits per heavy atom. The first kappa shape index (κ1) is 17.9. The molecule has 25 heavy (non-hydrogen) atoms. The van der Waals surface area contributed by atoms with E-state index in [0.29, 0.717) is 27.3 Å². The Hall–Kier alpha value is -1.89. The van der Waals surface area contributed by atoms with Gasteiger partial charge in [0.05, 0.1) is 11.7 Å². The van der Waals surface area contributed by atoms with Crippen LogP contribution >= 0.6 is 11.3 Å². The number of nitrogens with one attached hydrogen (secondary N) is 1. The van der Waals surface area contributed by atoms with Gasteiger partial charge in [-0.25, -0.2) is 4.79 Å². The van der Waals surface area contributed by atoms with Crippen LogP contribution < -0.4 is 11.1 Å². The minimum absolute atomic E-state index is 0.00653. The Labute approximate surface area is 151 Å². The van der Waals surface area contributed by atoms with Gasteiger partial charge in [-0.2, -0.15) is 0 Å². The summed E-state index contributed by atoms with van der Waals surface area (Å²) in [4.78, 5) is 37.1. The number of anilines is 1. The van der Waals surface area contributed by atoms with Crippen molar-refractivity contribution < 1.29 is 19.1 Å². The molecule has 1 heterocycles. The number of rotatable bonds is 5. The summed E-state index contributed by atoms with van der Waals surface area (Å²) >= 11 is 1.06. The highest BCUT2D eigenvalue weighted by Crippen LogP contribution is 2.49. The second-order valence-electron chi connectivity index (χ2n) is 7.35. The van der Waals surface area contributed by atoms with Crippen LogP contribution in [-0.4, -0.2) is 23.9 Å². The van der Waals surface area contributed by atoms with Crippen molar-refractivity contribution in [3.63, 3.8) is 0 Å². The van der Waals surface area contributed by atoms with Crippen LogP contribution in [0.4, 0.5) is 5.00 Å². The van der Waals surface area contributed by atoms with Gasteiger partial charge in [0.15, 0.2) is 0 Å². The van der Waals surface area contributed by atoms with Crippen LogP contribution in [-0.2, 0) is 9.53 Å². The van der Waals surface area contributed by atoms with Gasteiger partial charge >= 0.3 is 5.97 Å². The van der Waals surface area contributed by atoms with Crippen molar-refractivity contribution in [3.8, 4) is 0 Å². The molecule has 1 aromatic heterocycles. The standard InChI is InChI=1S/C18H24N2O4S/c1-8(2)24-18(23)14-9(3)13(15(19)21)17(25-14)20-16(22)12-7-10-4-5-11(12)6-10/h8,10-12H,4-7H2,1-3H3,(H2,19,21)(H,20,22)/t10-,11-,12+/m1/s1. The number of hydrogen-bond donors (Lipinski definition) is 2. The Morgan fingerprint density at radius 2 is 1.96 bits per heavy atom. The van der Waals surface area contributed by atoms with Crippen molar-refractivity contribution in [2.45, 2.75) is 52.6 Å². The van der Waals surface area contributed by atoms with Gasteiger partial charge in [-0.15, -0.1) is 11.3 Å². The lowest BCUT2D eigenvalue weighted by Crippen LogP contribution is -2.27. The number of thiophene rings is 1. The smallest absolute Gasteiger partial charge is 0.348 e. The van der Waals surface area contributed by atoms with Gasteiger partial charge in [0, 0.05) is 5.92 Å². The van der Waals surface area contributed by atoms with Crippen LogP contribution in [0.5, 0.6) is 0 Å². The third kappa shape index (κ3) is 3.42. The Bertz CT molecular complexity index is 725. The van der Waals surface area contributed by atoms with Crippen molar-refractivity contribution in [1.29, 1.82) is 0 Å². The van der Waals surface area contributed by atoms with Crippen LogP contribution in [0.2, 0.25) is 0 Å². The predicted octanol–water partition coefficient (Wildman–Crippen LogP) is 3.10. The number of primary amides is 1. The average Bonchev–Trinajstić information content (AvgIpc) is 3.20. The molecule has 2 fully saturated rings. The summed E-state index contributed by atoms with van der Waals surface area (Å²) in [5.74, 6) is -0.139. The molecule has 3 N–H and O–H groups in total. The molecule has 0 saturated heterocycles. The molecule has 2 saturated carbocycles. The first-order valence-corrected chi connectivity index (χ1v) is 9.54. The largest absolute Gasteiger partial charge is 0.459 e. The summed E-state index contributed by atoms with van der Waals surface area (Å²) in [6, 6.07) is 0. The maximum atomic E-state index is 12.7. The molecular formula is C18H24N2O4S. The van der Waals surface area contributed by atoms with Gasteiger partial charge in [-0.05, 0) is 57.4 Å². The number of hydrogen-bond acceptors (Lipinski definition) is 5. The van der Waals surface area contributed by atoms with E-state index in [1.54, 1.807) is 20.8 Å².